The zero-order valence-electron chi connectivity index (χ0n) is 14.0. The lowest BCUT2D eigenvalue weighted by molar-refractivity contribution is 0.0891. The summed E-state index contributed by atoms with van der Waals surface area (Å²) in [6.45, 7) is 4.80. The summed E-state index contributed by atoms with van der Waals surface area (Å²) in [6.07, 6.45) is 2.59. The molecule has 1 aliphatic heterocycles. The van der Waals surface area contributed by atoms with Crippen molar-refractivity contribution in [1.29, 1.82) is 0 Å². The predicted octanol–water partition coefficient (Wildman–Crippen LogP) is 3.61. The molecule has 0 N–H and O–H groups in total. The van der Waals surface area contributed by atoms with Crippen LogP contribution < -0.4 is 4.90 Å². The summed E-state index contributed by atoms with van der Waals surface area (Å²) in [4.78, 5) is 23.3. The first-order chi connectivity index (χ1) is 11.9. The first-order valence-corrected chi connectivity index (χ1v) is 8.10. The van der Waals surface area contributed by atoms with E-state index in [0.717, 1.165) is 17.2 Å². The highest BCUT2D eigenvalue weighted by Gasteiger charge is 2.30. The van der Waals surface area contributed by atoms with Crippen LogP contribution in [0.4, 0.5) is 19.0 Å². The SMILES string of the molecule is Cc1cnc(C)c(N2CCC(C(=O)c3c(F)cc(F)cc3F)CC2)n1. The van der Waals surface area contributed by atoms with Crippen LogP contribution in [0.25, 0.3) is 0 Å². The minimum Gasteiger partial charge on any atom is -0.355 e. The van der Waals surface area contributed by atoms with Crippen LogP contribution in [-0.2, 0) is 0 Å². The molecule has 0 aliphatic carbocycles. The van der Waals surface area contributed by atoms with Gasteiger partial charge in [0.05, 0.1) is 17.0 Å². The highest BCUT2D eigenvalue weighted by Crippen LogP contribution is 2.28. The number of rotatable bonds is 3. The first-order valence-electron chi connectivity index (χ1n) is 8.10. The van der Waals surface area contributed by atoms with Crippen molar-refractivity contribution in [3.63, 3.8) is 0 Å². The van der Waals surface area contributed by atoms with Gasteiger partial charge in [-0.05, 0) is 26.7 Å². The molecule has 2 heterocycles. The maximum absolute atomic E-state index is 13.8. The summed E-state index contributed by atoms with van der Waals surface area (Å²) in [5.41, 5.74) is 0.951. The average molecular weight is 349 g/mol. The van der Waals surface area contributed by atoms with Gasteiger partial charge in [0.2, 0.25) is 0 Å². The number of nitrogens with zero attached hydrogens (tertiary/aromatic N) is 3. The molecule has 0 bridgehead atoms. The normalized spacial score (nSPS) is 15.5. The van der Waals surface area contributed by atoms with Crippen LogP contribution >= 0.6 is 0 Å². The Balaban J connectivity index is 1.74. The third kappa shape index (κ3) is 3.50. The maximum Gasteiger partial charge on any atom is 0.171 e. The van der Waals surface area contributed by atoms with Gasteiger partial charge in [-0.25, -0.2) is 18.2 Å². The van der Waals surface area contributed by atoms with Crippen molar-refractivity contribution in [1.82, 2.24) is 9.97 Å². The van der Waals surface area contributed by atoms with Gasteiger partial charge in [0.15, 0.2) is 5.78 Å². The quantitative estimate of drug-likeness (QED) is 0.794. The predicted molar refractivity (Wildman–Crippen MR) is 87.1 cm³/mol. The second kappa shape index (κ2) is 6.82. The summed E-state index contributed by atoms with van der Waals surface area (Å²) in [5, 5.41) is 0. The molecule has 1 fully saturated rings. The standard InChI is InChI=1S/C18H18F3N3O/c1-10-9-22-11(2)18(23-10)24-5-3-12(4-6-24)17(25)16-14(20)7-13(19)8-15(16)21/h7-9,12H,3-6H2,1-2H3. The lowest BCUT2D eigenvalue weighted by Gasteiger charge is -2.32. The zero-order chi connectivity index (χ0) is 18.1. The van der Waals surface area contributed by atoms with E-state index < -0.39 is 34.7 Å². The highest BCUT2D eigenvalue weighted by atomic mass is 19.1. The van der Waals surface area contributed by atoms with E-state index in [0.29, 0.717) is 38.1 Å². The van der Waals surface area contributed by atoms with E-state index in [2.05, 4.69) is 9.97 Å². The van der Waals surface area contributed by atoms with Gasteiger partial charge >= 0.3 is 0 Å². The van der Waals surface area contributed by atoms with Gasteiger partial charge in [-0.2, -0.15) is 0 Å². The molecule has 132 valence electrons. The van der Waals surface area contributed by atoms with Gasteiger partial charge < -0.3 is 4.90 Å². The Morgan fingerprint density at radius 3 is 2.32 bits per heavy atom. The van der Waals surface area contributed by atoms with Crippen molar-refractivity contribution >= 4 is 11.6 Å². The Morgan fingerprint density at radius 2 is 1.72 bits per heavy atom. The summed E-state index contributed by atoms with van der Waals surface area (Å²) >= 11 is 0. The molecule has 0 radical (unpaired) electrons. The number of carbonyl (C=O) groups is 1. The molecule has 0 unspecified atom stereocenters. The van der Waals surface area contributed by atoms with Crippen molar-refractivity contribution in [2.24, 2.45) is 5.92 Å². The Labute approximate surface area is 143 Å². The van der Waals surface area contributed by atoms with Gasteiger partial charge in [-0.1, -0.05) is 0 Å². The van der Waals surface area contributed by atoms with E-state index in [-0.39, 0.29) is 0 Å². The van der Waals surface area contributed by atoms with Crippen LogP contribution in [0.3, 0.4) is 0 Å². The first kappa shape index (κ1) is 17.4. The van der Waals surface area contributed by atoms with Crippen LogP contribution in [0.5, 0.6) is 0 Å². The van der Waals surface area contributed by atoms with Crippen molar-refractivity contribution in [3.8, 4) is 0 Å². The number of benzene rings is 1. The number of hydrogen-bond donors (Lipinski definition) is 0. The minimum atomic E-state index is -1.15. The summed E-state index contributed by atoms with van der Waals surface area (Å²) in [6, 6.07) is 1.08. The number of piperidine rings is 1. The van der Waals surface area contributed by atoms with Gasteiger partial charge in [0, 0.05) is 37.3 Å². The fourth-order valence-corrected chi connectivity index (χ4v) is 3.16. The minimum absolute atomic E-state index is 0.449. The van der Waals surface area contributed by atoms with Crippen LogP contribution in [-0.4, -0.2) is 28.8 Å². The number of Topliss-reactive ketones (excluding diaryl/α,β-unsaturated/α-hetero) is 1. The lowest BCUT2D eigenvalue weighted by Crippen LogP contribution is -2.37. The summed E-state index contributed by atoms with van der Waals surface area (Å²) < 4.78 is 40.7. The molecule has 1 aromatic heterocycles. The topological polar surface area (TPSA) is 46.1 Å². The van der Waals surface area contributed by atoms with E-state index >= 15 is 0 Å². The van der Waals surface area contributed by atoms with E-state index in [1.54, 1.807) is 6.20 Å². The smallest absolute Gasteiger partial charge is 0.171 e. The Hall–Kier alpha value is -2.44. The second-order valence-corrected chi connectivity index (χ2v) is 6.29. The third-order valence-corrected chi connectivity index (χ3v) is 4.47. The average Bonchev–Trinajstić information content (AvgIpc) is 2.56. The van der Waals surface area contributed by atoms with Crippen molar-refractivity contribution in [2.75, 3.05) is 18.0 Å². The number of hydrogen-bond acceptors (Lipinski definition) is 4. The fraction of sp³-hybridized carbons (Fsp3) is 0.389. The number of aryl methyl sites for hydroxylation is 2. The van der Waals surface area contributed by atoms with Gasteiger partial charge in [0.25, 0.3) is 0 Å². The Kier molecular flexibility index (Phi) is 4.74. The monoisotopic (exact) mass is 349 g/mol. The van der Waals surface area contributed by atoms with E-state index in [4.69, 9.17) is 0 Å². The largest absolute Gasteiger partial charge is 0.355 e. The zero-order valence-corrected chi connectivity index (χ0v) is 14.0. The number of carbonyl (C=O) groups excluding carboxylic acids is 1. The Morgan fingerprint density at radius 1 is 1.12 bits per heavy atom. The number of halogens is 3. The van der Waals surface area contributed by atoms with Crippen LogP contribution in [0.2, 0.25) is 0 Å². The van der Waals surface area contributed by atoms with Crippen LogP contribution in [0, 0.1) is 37.2 Å². The van der Waals surface area contributed by atoms with Gasteiger partial charge in [-0.3, -0.25) is 9.78 Å². The summed E-state index contributed by atoms with van der Waals surface area (Å²) in [5.74, 6) is -3.67. The second-order valence-electron chi connectivity index (χ2n) is 6.29. The molecule has 7 heteroatoms. The third-order valence-electron chi connectivity index (χ3n) is 4.47. The van der Waals surface area contributed by atoms with Gasteiger partial charge in [0.1, 0.15) is 23.3 Å². The number of anilines is 1. The van der Waals surface area contributed by atoms with E-state index in [1.807, 2.05) is 18.7 Å². The molecule has 25 heavy (non-hydrogen) atoms. The van der Waals surface area contributed by atoms with Gasteiger partial charge in [-0.15, -0.1) is 0 Å². The molecule has 2 aromatic rings. The molecule has 0 atom stereocenters. The number of aromatic nitrogens is 2. The van der Waals surface area contributed by atoms with E-state index in [9.17, 15) is 18.0 Å². The van der Waals surface area contributed by atoms with Crippen molar-refractivity contribution in [2.45, 2.75) is 26.7 Å². The molecule has 1 saturated heterocycles. The van der Waals surface area contributed by atoms with Crippen molar-refractivity contribution in [3.05, 3.63) is 52.7 Å². The Bertz CT molecular complexity index is 794. The molecule has 0 saturated carbocycles. The molecular formula is C18H18F3N3O. The van der Waals surface area contributed by atoms with Crippen molar-refractivity contribution < 1.29 is 18.0 Å². The summed E-state index contributed by atoms with van der Waals surface area (Å²) in [7, 11) is 0. The molecule has 0 amide bonds. The molecule has 1 aromatic carbocycles. The molecule has 4 nitrogen and oxygen atoms in total. The van der Waals surface area contributed by atoms with Crippen LogP contribution in [0.15, 0.2) is 18.3 Å². The maximum atomic E-state index is 13.8. The highest BCUT2D eigenvalue weighted by molar-refractivity contribution is 5.98. The van der Waals surface area contributed by atoms with Crippen LogP contribution in [0.1, 0.15) is 34.6 Å². The number of ketones is 1. The molecule has 3 rings (SSSR count). The van der Waals surface area contributed by atoms with E-state index in [1.165, 1.54) is 0 Å². The fourth-order valence-electron chi connectivity index (χ4n) is 3.16. The lowest BCUT2D eigenvalue weighted by atomic mass is 9.88. The molecule has 1 aliphatic rings. The molecular weight excluding hydrogens is 331 g/mol. The molecule has 0 spiro atoms.